The van der Waals surface area contributed by atoms with E-state index in [4.69, 9.17) is 0 Å². The van der Waals surface area contributed by atoms with E-state index in [-0.39, 0.29) is 25.9 Å². The zero-order valence-electron chi connectivity index (χ0n) is 14.5. The number of hydrogen-bond acceptors (Lipinski definition) is 0. The third-order valence-electron chi connectivity index (χ3n) is 4.10. The van der Waals surface area contributed by atoms with Gasteiger partial charge in [0.2, 0.25) is 0 Å². The largest absolute Gasteiger partial charge is 2.00 e. The van der Waals surface area contributed by atoms with Crippen molar-refractivity contribution in [3.63, 3.8) is 0 Å². The van der Waals surface area contributed by atoms with Crippen molar-refractivity contribution in [3.8, 4) is 22.3 Å². The van der Waals surface area contributed by atoms with Crippen LogP contribution in [0.1, 0.15) is 14.0 Å². The van der Waals surface area contributed by atoms with Gasteiger partial charge in [0.1, 0.15) is 0 Å². The van der Waals surface area contributed by atoms with Gasteiger partial charge in [0, 0.05) is 0 Å². The molecule has 0 unspecified atom stereocenters. The van der Waals surface area contributed by atoms with E-state index < -0.39 is 0 Å². The van der Waals surface area contributed by atoms with Gasteiger partial charge >= 0.3 is 23.1 Å². The summed E-state index contributed by atoms with van der Waals surface area (Å²) in [4.78, 5) is 0. The molecule has 0 N–H and O–H groups in total. The van der Waals surface area contributed by atoms with Crippen LogP contribution in [-0.2, 0) is 6.42 Å². The number of allylic oxidation sites excluding steroid dienone is 1. The molecule has 0 nitrogen and oxygen atoms in total. The van der Waals surface area contributed by atoms with Gasteiger partial charge in [-0.2, -0.15) is 0 Å². The molecule has 0 heterocycles. The Labute approximate surface area is 150 Å². The molecular weight excluding hydrogens is 277 g/mol. The average molecular weight is 295 g/mol. The molecule has 0 saturated heterocycles. The molecule has 3 aromatic carbocycles. The van der Waals surface area contributed by atoms with Gasteiger partial charge < -0.3 is 2.85 Å². The molecule has 1 heteroatoms. The van der Waals surface area contributed by atoms with Crippen LogP contribution in [0.2, 0.25) is 0 Å². The van der Waals surface area contributed by atoms with E-state index in [9.17, 15) is 0 Å². The van der Waals surface area contributed by atoms with E-state index in [0.717, 1.165) is 6.42 Å². The first-order valence-corrected chi connectivity index (χ1v) is 7.36. The van der Waals surface area contributed by atoms with Crippen LogP contribution in [0.4, 0.5) is 0 Å². The smallest absolute Gasteiger partial charge is 1.00 e. The van der Waals surface area contributed by atoms with Crippen molar-refractivity contribution in [2.45, 2.75) is 6.42 Å². The number of hydrogen-bond donors (Lipinski definition) is 0. The first kappa shape index (κ1) is 15.1. The van der Waals surface area contributed by atoms with Crippen LogP contribution < -0.4 is 0 Å². The number of fused-ring (bicyclic) bond motifs is 1. The molecule has 0 fully saturated rings. The summed E-state index contributed by atoms with van der Waals surface area (Å²) in [7, 11) is 0. The monoisotopic (exact) mass is 294 g/mol. The van der Waals surface area contributed by atoms with Gasteiger partial charge in [-0.15, -0.1) is 0 Å². The van der Waals surface area contributed by atoms with Crippen LogP contribution >= 0.6 is 0 Å². The fraction of sp³-hybridized carbons (Fsp3) is 0.0476. The number of rotatable bonds is 2. The summed E-state index contributed by atoms with van der Waals surface area (Å²) >= 11 is 0. The van der Waals surface area contributed by atoms with E-state index in [1.54, 1.807) is 0 Å². The molecule has 0 spiro atoms. The van der Waals surface area contributed by atoms with Gasteiger partial charge in [0.25, 0.3) is 0 Å². The minimum Gasteiger partial charge on any atom is -1.00 e. The zero-order valence-corrected chi connectivity index (χ0v) is 13.9. The molecule has 0 saturated carbocycles. The molecule has 104 valence electrons. The van der Waals surface area contributed by atoms with Crippen molar-refractivity contribution < 1.29 is 2.85 Å². The van der Waals surface area contributed by atoms with Gasteiger partial charge in [0.15, 0.2) is 0 Å². The Morgan fingerprint density at radius 2 is 1.41 bits per heavy atom. The summed E-state index contributed by atoms with van der Waals surface area (Å²) in [6, 6.07) is 26.0. The maximum Gasteiger partial charge on any atom is 2.00 e. The van der Waals surface area contributed by atoms with Crippen LogP contribution in [0.3, 0.4) is 0 Å². The van der Waals surface area contributed by atoms with Crippen molar-refractivity contribution in [1.29, 1.82) is 0 Å². The number of benzene rings is 3. The van der Waals surface area contributed by atoms with Crippen molar-refractivity contribution in [2.24, 2.45) is 0 Å². The van der Waals surface area contributed by atoms with Crippen LogP contribution in [0.15, 0.2) is 78.9 Å². The second kappa shape index (κ2) is 6.51. The molecule has 1 aliphatic carbocycles. The predicted molar refractivity (Wildman–Crippen MR) is 98.0 cm³/mol. The van der Waals surface area contributed by atoms with Crippen LogP contribution in [0.5, 0.6) is 0 Å². The van der Waals surface area contributed by atoms with Crippen LogP contribution in [0, 0.1) is 0 Å². The minimum absolute atomic E-state index is 0. The first-order chi connectivity index (χ1) is 10.4. The zero-order chi connectivity index (χ0) is 14.1. The molecule has 0 atom stereocenters. The Balaban J connectivity index is 0.000000960. The second-order valence-corrected chi connectivity index (χ2v) is 5.43. The SMILES string of the molecule is C1=Cc2c(cccc2-c2cccc(-c3ccccc3)c2)C1.[H-].[H-].[Mg+2]. The molecular formula is C21H18Mg. The van der Waals surface area contributed by atoms with E-state index >= 15 is 0 Å². The van der Waals surface area contributed by atoms with Crippen LogP contribution in [-0.4, -0.2) is 23.1 Å². The third kappa shape index (κ3) is 2.74. The topological polar surface area (TPSA) is 0 Å². The summed E-state index contributed by atoms with van der Waals surface area (Å²) in [6.45, 7) is 0. The third-order valence-corrected chi connectivity index (χ3v) is 4.10. The van der Waals surface area contributed by atoms with Gasteiger partial charge in [0.05, 0.1) is 0 Å². The summed E-state index contributed by atoms with van der Waals surface area (Å²) in [5, 5.41) is 0. The quantitative estimate of drug-likeness (QED) is 0.553. The van der Waals surface area contributed by atoms with Crippen molar-refractivity contribution in [2.75, 3.05) is 0 Å². The minimum atomic E-state index is 0. The molecule has 0 aromatic heterocycles. The fourth-order valence-electron chi connectivity index (χ4n) is 3.04. The summed E-state index contributed by atoms with van der Waals surface area (Å²) < 4.78 is 0. The van der Waals surface area contributed by atoms with E-state index in [2.05, 4.69) is 84.9 Å². The summed E-state index contributed by atoms with van der Waals surface area (Å²) in [6.07, 6.45) is 5.55. The van der Waals surface area contributed by atoms with E-state index in [0.29, 0.717) is 0 Å². The van der Waals surface area contributed by atoms with Crippen molar-refractivity contribution >= 4 is 29.1 Å². The maximum absolute atomic E-state index is 2.29. The first-order valence-electron chi connectivity index (χ1n) is 7.36. The molecule has 0 bridgehead atoms. The molecule has 0 amide bonds. The van der Waals surface area contributed by atoms with E-state index in [1.807, 2.05) is 0 Å². The molecule has 3 aromatic rings. The Morgan fingerprint density at radius 3 is 2.27 bits per heavy atom. The van der Waals surface area contributed by atoms with Crippen LogP contribution in [0.25, 0.3) is 28.3 Å². The summed E-state index contributed by atoms with van der Waals surface area (Å²) in [5.74, 6) is 0. The van der Waals surface area contributed by atoms with E-state index in [1.165, 1.54) is 33.4 Å². The normalized spacial score (nSPS) is 11.8. The molecule has 4 rings (SSSR count). The Bertz CT molecular complexity index is 826. The Hall–Kier alpha value is -1.83. The van der Waals surface area contributed by atoms with Gasteiger partial charge in [-0.3, -0.25) is 0 Å². The van der Waals surface area contributed by atoms with Gasteiger partial charge in [-0.05, 0) is 45.9 Å². The van der Waals surface area contributed by atoms with Gasteiger partial charge in [-0.25, -0.2) is 0 Å². The standard InChI is InChI=1S/C21H16.Mg.2H/c1-2-7-16(8-3-1)18-11-4-12-19(15-18)21-14-6-10-17-9-5-13-20(17)21;;;/h1-8,10-15H,9H2;;;/q;+2;2*-1. The molecule has 1 aliphatic rings. The molecule has 0 aliphatic heterocycles. The average Bonchev–Trinajstić information content (AvgIpc) is 3.04. The maximum atomic E-state index is 2.29. The van der Waals surface area contributed by atoms with Crippen molar-refractivity contribution in [3.05, 3.63) is 90.0 Å². The fourth-order valence-corrected chi connectivity index (χ4v) is 3.04. The Morgan fingerprint density at radius 1 is 0.682 bits per heavy atom. The molecule has 22 heavy (non-hydrogen) atoms. The Kier molecular flexibility index (Phi) is 4.46. The second-order valence-electron chi connectivity index (χ2n) is 5.43. The summed E-state index contributed by atoms with van der Waals surface area (Å²) in [5.41, 5.74) is 7.97. The predicted octanol–water partition coefficient (Wildman–Crippen LogP) is 5.43. The molecule has 0 radical (unpaired) electrons. The van der Waals surface area contributed by atoms with Gasteiger partial charge in [-0.1, -0.05) is 78.9 Å². The van der Waals surface area contributed by atoms with Crippen molar-refractivity contribution in [1.82, 2.24) is 0 Å².